The molecule has 0 radical (unpaired) electrons. The molecule has 124 valence electrons. The summed E-state index contributed by atoms with van der Waals surface area (Å²) in [6.07, 6.45) is 7.36. The van der Waals surface area contributed by atoms with Crippen LogP contribution in [0.25, 0.3) is 21.6 Å². The lowest BCUT2D eigenvalue weighted by Crippen LogP contribution is -1.97. The second-order valence-corrected chi connectivity index (χ2v) is 7.61. The van der Waals surface area contributed by atoms with Crippen LogP contribution in [0.15, 0.2) is 24.3 Å². The third-order valence-electron chi connectivity index (χ3n) is 4.62. The van der Waals surface area contributed by atoms with Crippen molar-refractivity contribution in [2.45, 2.75) is 38.5 Å². The molecule has 1 aromatic carbocycles. The highest BCUT2D eigenvalue weighted by Gasteiger charge is 2.19. The molecule has 0 bridgehead atoms. The number of aryl methyl sites for hydroxylation is 2. The van der Waals surface area contributed by atoms with Gasteiger partial charge in [-0.1, -0.05) is 24.4 Å². The summed E-state index contributed by atoms with van der Waals surface area (Å²) in [6.45, 7) is 0. The molecular weight excluding hydrogens is 340 g/mol. The zero-order valence-electron chi connectivity index (χ0n) is 13.6. The Morgan fingerprint density at radius 2 is 1.75 bits per heavy atom. The first-order valence-electron chi connectivity index (χ1n) is 8.38. The summed E-state index contributed by atoms with van der Waals surface area (Å²) in [7, 11) is 1.66. The quantitative estimate of drug-likeness (QED) is 0.553. The lowest BCUT2D eigenvalue weighted by Gasteiger charge is -2.09. The van der Waals surface area contributed by atoms with E-state index in [2.05, 4.69) is 4.98 Å². The van der Waals surface area contributed by atoms with Crippen LogP contribution < -0.4 is 4.74 Å². The van der Waals surface area contributed by atoms with Crippen molar-refractivity contribution in [3.05, 3.63) is 39.9 Å². The van der Waals surface area contributed by atoms with E-state index in [1.165, 1.54) is 36.1 Å². The van der Waals surface area contributed by atoms with Crippen LogP contribution in [0.4, 0.5) is 0 Å². The van der Waals surface area contributed by atoms with Gasteiger partial charge in [0, 0.05) is 10.4 Å². The molecule has 0 spiro atoms. The first-order chi connectivity index (χ1) is 11.8. The van der Waals surface area contributed by atoms with Crippen molar-refractivity contribution in [3.63, 3.8) is 0 Å². The lowest BCUT2D eigenvalue weighted by molar-refractivity contribution is 0.415. The molecule has 5 heteroatoms. The maximum absolute atomic E-state index is 6.57. The van der Waals surface area contributed by atoms with Crippen molar-refractivity contribution in [3.8, 4) is 17.1 Å². The molecule has 0 saturated heterocycles. The molecule has 3 nitrogen and oxygen atoms in total. The maximum Gasteiger partial charge on any atom is 0.162 e. The summed E-state index contributed by atoms with van der Waals surface area (Å²) in [5.74, 6) is 1.51. The van der Waals surface area contributed by atoms with E-state index in [9.17, 15) is 0 Å². The molecule has 0 unspecified atom stereocenters. The Hall–Kier alpha value is -1.65. The summed E-state index contributed by atoms with van der Waals surface area (Å²) >= 11 is 8.37. The van der Waals surface area contributed by atoms with Crippen LogP contribution in [0.2, 0.25) is 5.15 Å². The standard InChI is InChI=1S/C19H19ClN2OS/c1-23-13-10-8-12(9-11-13)18-21-17(20)16-14-6-4-2-3-5-7-15(14)24-19(16)22-18/h8-11H,2-7H2,1H3. The molecule has 0 atom stereocenters. The van der Waals surface area contributed by atoms with Crippen molar-refractivity contribution in [1.29, 1.82) is 0 Å². The maximum atomic E-state index is 6.57. The number of hydrogen-bond donors (Lipinski definition) is 0. The van der Waals surface area contributed by atoms with E-state index in [1.807, 2.05) is 24.3 Å². The number of methoxy groups -OCH3 is 1. The van der Waals surface area contributed by atoms with Crippen LogP contribution in [-0.2, 0) is 12.8 Å². The van der Waals surface area contributed by atoms with Crippen LogP contribution in [0.3, 0.4) is 0 Å². The van der Waals surface area contributed by atoms with Gasteiger partial charge in [0.05, 0.1) is 12.5 Å². The summed E-state index contributed by atoms with van der Waals surface area (Å²) in [5, 5.41) is 1.67. The van der Waals surface area contributed by atoms with E-state index in [0.717, 1.165) is 34.4 Å². The molecule has 0 saturated carbocycles. The number of aromatic nitrogens is 2. The molecule has 0 N–H and O–H groups in total. The number of benzene rings is 1. The highest BCUT2D eigenvalue weighted by Crippen LogP contribution is 2.38. The van der Waals surface area contributed by atoms with Gasteiger partial charge in [-0.2, -0.15) is 0 Å². The molecule has 3 aromatic rings. The Bertz CT molecular complexity index is 873. The molecule has 4 rings (SSSR count). The summed E-state index contributed by atoms with van der Waals surface area (Å²) in [6, 6.07) is 7.79. The van der Waals surface area contributed by atoms with Crippen LogP contribution in [-0.4, -0.2) is 17.1 Å². The molecule has 2 heterocycles. The van der Waals surface area contributed by atoms with Crippen molar-refractivity contribution in [1.82, 2.24) is 9.97 Å². The Kier molecular flexibility index (Phi) is 4.42. The Balaban J connectivity index is 1.81. The number of halogens is 1. The third-order valence-corrected chi connectivity index (χ3v) is 6.08. The summed E-state index contributed by atoms with van der Waals surface area (Å²) in [4.78, 5) is 11.9. The first-order valence-corrected chi connectivity index (χ1v) is 9.58. The Morgan fingerprint density at radius 1 is 1.00 bits per heavy atom. The molecule has 2 aromatic heterocycles. The van der Waals surface area contributed by atoms with Crippen LogP contribution in [0.1, 0.15) is 36.1 Å². The Labute approximate surface area is 150 Å². The highest BCUT2D eigenvalue weighted by molar-refractivity contribution is 7.19. The third kappa shape index (κ3) is 2.89. The molecule has 1 aliphatic carbocycles. The van der Waals surface area contributed by atoms with Crippen LogP contribution >= 0.6 is 22.9 Å². The van der Waals surface area contributed by atoms with Gasteiger partial charge in [0.15, 0.2) is 5.82 Å². The van der Waals surface area contributed by atoms with Gasteiger partial charge in [0.25, 0.3) is 0 Å². The van der Waals surface area contributed by atoms with Crippen LogP contribution in [0, 0.1) is 0 Å². The molecule has 0 fully saturated rings. The first kappa shape index (κ1) is 15.9. The number of nitrogens with zero attached hydrogens (tertiary/aromatic N) is 2. The van der Waals surface area contributed by atoms with E-state index in [0.29, 0.717) is 11.0 Å². The average molecular weight is 359 g/mol. The summed E-state index contributed by atoms with van der Waals surface area (Å²) < 4.78 is 5.21. The van der Waals surface area contributed by atoms with Crippen molar-refractivity contribution < 1.29 is 4.74 Å². The van der Waals surface area contributed by atoms with Crippen LogP contribution in [0.5, 0.6) is 5.75 Å². The largest absolute Gasteiger partial charge is 0.497 e. The lowest BCUT2D eigenvalue weighted by atomic mass is 9.98. The number of ether oxygens (including phenoxy) is 1. The van der Waals surface area contributed by atoms with Crippen molar-refractivity contribution >= 4 is 33.2 Å². The fourth-order valence-electron chi connectivity index (χ4n) is 3.34. The summed E-state index contributed by atoms with van der Waals surface area (Å²) in [5.41, 5.74) is 2.35. The minimum absolute atomic E-state index is 0.587. The fourth-order valence-corrected chi connectivity index (χ4v) is 4.94. The monoisotopic (exact) mass is 358 g/mol. The van der Waals surface area contributed by atoms with E-state index in [4.69, 9.17) is 21.3 Å². The second-order valence-electron chi connectivity index (χ2n) is 6.16. The number of thiophene rings is 1. The Morgan fingerprint density at radius 3 is 2.50 bits per heavy atom. The van der Waals surface area contributed by atoms with Crippen molar-refractivity contribution in [2.75, 3.05) is 7.11 Å². The molecule has 24 heavy (non-hydrogen) atoms. The van der Waals surface area contributed by atoms with Gasteiger partial charge in [0.2, 0.25) is 0 Å². The minimum atomic E-state index is 0.587. The second kappa shape index (κ2) is 6.69. The van der Waals surface area contributed by atoms with Gasteiger partial charge in [-0.15, -0.1) is 11.3 Å². The molecule has 0 amide bonds. The number of hydrogen-bond acceptors (Lipinski definition) is 4. The van der Waals surface area contributed by atoms with Crippen molar-refractivity contribution in [2.24, 2.45) is 0 Å². The van der Waals surface area contributed by atoms with Gasteiger partial charge >= 0.3 is 0 Å². The van der Waals surface area contributed by atoms with Gasteiger partial charge in [-0.05, 0) is 55.5 Å². The van der Waals surface area contributed by atoms with Gasteiger partial charge in [0.1, 0.15) is 15.7 Å². The topological polar surface area (TPSA) is 35.0 Å². The molecule has 1 aliphatic rings. The average Bonchev–Trinajstić information content (AvgIpc) is 2.92. The SMILES string of the molecule is COc1ccc(-c2nc(Cl)c3c4c(sc3n2)CCCCCC4)cc1. The predicted octanol–water partition coefficient (Wildman–Crippen LogP) is 5.68. The van der Waals surface area contributed by atoms with Gasteiger partial charge < -0.3 is 4.74 Å². The van der Waals surface area contributed by atoms with E-state index in [1.54, 1.807) is 18.4 Å². The van der Waals surface area contributed by atoms with E-state index < -0.39 is 0 Å². The van der Waals surface area contributed by atoms with Gasteiger partial charge in [-0.3, -0.25) is 0 Å². The zero-order chi connectivity index (χ0) is 16.5. The smallest absolute Gasteiger partial charge is 0.162 e. The highest BCUT2D eigenvalue weighted by atomic mass is 35.5. The fraction of sp³-hybridized carbons (Fsp3) is 0.368. The molecule has 0 aliphatic heterocycles. The number of rotatable bonds is 2. The van der Waals surface area contributed by atoms with E-state index >= 15 is 0 Å². The van der Waals surface area contributed by atoms with E-state index in [-0.39, 0.29) is 0 Å². The normalized spacial score (nSPS) is 14.9. The van der Waals surface area contributed by atoms with Gasteiger partial charge in [-0.25, -0.2) is 9.97 Å². The minimum Gasteiger partial charge on any atom is -0.497 e. The number of fused-ring (bicyclic) bond motifs is 3. The predicted molar refractivity (Wildman–Crippen MR) is 100 cm³/mol. The zero-order valence-corrected chi connectivity index (χ0v) is 15.2. The molecular formula is C19H19ClN2OS.